The first-order valence-electron chi connectivity index (χ1n) is 5.58. The van der Waals surface area contributed by atoms with Gasteiger partial charge in [0.15, 0.2) is 0 Å². The molecule has 1 aliphatic rings. The molecule has 2 rings (SSSR count). The minimum absolute atomic E-state index is 0.570. The summed E-state index contributed by atoms with van der Waals surface area (Å²) < 4.78 is 7.23. The highest BCUT2D eigenvalue weighted by molar-refractivity contribution is 4.85. The Morgan fingerprint density at radius 2 is 2.33 bits per heavy atom. The summed E-state index contributed by atoms with van der Waals surface area (Å²) in [6.07, 6.45) is 3.81. The van der Waals surface area contributed by atoms with Gasteiger partial charge in [-0.3, -0.25) is 0 Å². The molecule has 0 amide bonds. The van der Waals surface area contributed by atoms with Gasteiger partial charge >= 0.3 is 0 Å². The summed E-state index contributed by atoms with van der Waals surface area (Å²) in [5, 5.41) is 7.63. The second-order valence-corrected chi connectivity index (χ2v) is 3.76. The van der Waals surface area contributed by atoms with Crippen LogP contribution in [0.3, 0.4) is 0 Å². The summed E-state index contributed by atoms with van der Waals surface area (Å²) in [5.41, 5.74) is 0. The third-order valence-corrected chi connectivity index (χ3v) is 2.77. The van der Waals surface area contributed by atoms with Gasteiger partial charge in [0.2, 0.25) is 0 Å². The van der Waals surface area contributed by atoms with Crippen LogP contribution >= 0.6 is 0 Å². The molecule has 0 radical (unpaired) electrons. The summed E-state index contributed by atoms with van der Waals surface area (Å²) in [7, 11) is 0. The van der Waals surface area contributed by atoms with E-state index in [1.54, 1.807) is 6.33 Å². The van der Waals surface area contributed by atoms with E-state index in [4.69, 9.17) is 4.74 Å². The molecule has 1 aliphatic heterocycles. The normalized spacial score (nSPS) is 18.2. The Morgan fingerprint density at radius 1 is 1.53 bits per heavy atom. The number of hydrogen-bond acceptors (Lipinski definition) is 4. The lowest BCUT2D eigenvalue weighted by atomic mass is 10.1. The van der Waals surface area contributed by atoms with Gasteiger partial charge in [-0.2, -0.15) is 5.10 Å². The number of nitrogens with one attached hydrogen (secondary N) is 1. The zero-order valence-electron chi connectivity index (χ0n) is 9.15. The maximum atomic E-state index is 5.31. The summed E-state index contributed by atoms with van der Waals surface area (Å²) >= 11 is 0. The number of hydrogen-bond donors (Lipinski definition) is 1. The maximum absolute atomic E-state index is 5.31. The van der Waals surface area contributed by atoms with Gasteiger partial charge in [-0.05, 0) is 19.8 Å². The SMILES string of the molecule is CCn1ncnc1CNC1CCOCC1. The summed E-state index contributed by atoms with van der Waals surface area (Å²) in [6.45, 7) is 5.51. The number of nitrogens with zero attached hydrogens (tertiary/aromatic N) is 3. The molecule has 5 heteroatoms. The molecule has 1 aromatic rings. The van der Waals surface area contributed by atoms with Crippen LogP contribution in [0.1, 0.15) is 25.6 Å². The van der Waals surface area contributed by atoms with Gasteiger partial charge in [0.05, 0.1) is 6.54 Å². The van der Waals surface area contributed by atoms with Gasteiger partial charge < -0.3 is 10.1 Å². The Kier molecular flexibility index (Phi) is 3.69. The van der Waals surface area contributed by atoms with E-state index in [9.17, 15) is 0 Å². The first-order chi connectivity index (χ1) is 7.40. The Hall–Kier alpha value is -0.940. The molecule has 1 saturated heterocycles. The highest BCUT2D eigenvalue weighted by Crippen LogP contribution is 2.06. The molecule has 84 valence electrons. The van der Waals surface area contributed by atoms with Crippen molar-refractivity contribution in [2.75, 3.05) is 13.2 Å². The molecule has 15 heavy (non-hydrogen) atoms. The molecule has 0 bridgehead atoms. The molecular formula is C10H18N4O. The van der Waals surface area contributed by atoms with E-state index < -0.39 is 0 Å². The molecule has 0 atom stereocenters. The quantitative estimate of drug-likeness (QED) is 0.789. The van der Waals surface area contributed by atoms with Gasteiger partial charge in [-0.1, -0.05) is 0 Å². The zero-order valence-corrected chi connectivity index (χ0v) is 9.15. The summed E-state index contributed by atoms with van der Waals surface area (Å²) in [4.78, 5) is 4.23. The molecule has 0 aromatic carbocycles. The monoisotopic (exact) mass is 210 g/mol. The van der Waals surface area contributed by atoms with E-state index in [2.05, 4.69) is 22.3 Å². The molecule has 5 nitrogen and oxygen atoms in total. The van der Waals surface area contributed by atoms with Crippen LogP contribution in [0.4, 0.5) is 0 Å². The van der Waals surface area contributed by atoms with E-state index in [-0.39, 0.29) is 0 Å². The third-order valence-electron chi connectivity index (χ3n) is 2.77. The van der Waals surface area contributed by atoms with Crippen LogP contribution in [0.5, 0.6) is 0 Å². The van der Waals surface area contributed by atoms with Crippen LogP contribution in [0, 0.1) is 0 Å². The van der Waals surface area contributed by atoms with Crippen molar-refractivity contribution in [2.24, 2.45) is 0 Å². The van der Waals surface area contributed by atoms with E-state index in [1.165, 1.54) is 0 Å². The topological polar surface area (TPSA) is 52.0 Å². The highest BCUT2D eigenvalue weighted by atomic mass is 16.5. The van der Waals surface area contributed by atoms with E-state index in [0.717, 1.165) is 45.0 Å². The van der Waals surface area contributed by atoms with Gasteiger partial charge in [-0.15, -0.1) is 0 Å². The van der Waals surface area contributed by atoms with Crippen molar-refractivity contribution in [2.45, 2.75) is 38.9 Å². The van der Waals surface area contributed by atoms with Crippen LogP contribution in [0.15, 0.2) is 6.33 Å². The lowest BCUT2D eigenvalue weighted by Gasteiger charge is -2.22. The highest BCUT2D eigenvalue weighted by Gasteiger charge is 2.13. The van der Waals surface area contributed by atoms with Crippen LogP contribution < -0.4 is 5.32 Å². The van der Waals surface area contributed by atoms with Crippen LogP contribution in [0.25, 0.3) is 0 Å². The number of ether oxygens (including phenoxy) is 1. The molecule has 1 fully saturated rings. The van der Waals surface area contributed by atoms with E-state index >= 15 is 0 Å². The lowest BCUT2D eigenvalue weighted by molar-refractivity contribution is 0.0773. The molecule has 0 unspecified atom stereocenters. The Balaban J connectivity index is 1.81. The Labute approximate surface area is 89.8 Å². The fraction of sp³-hybridized carbons (Fsp3) is 0.800. The van der Waals surface area contributed by atoms with Gasteiger partial charge in [0.25, 0.3) is 0 Å². The molecule has 0 spiro atoms. The van der Waals surface area contributed by atoms with E-state index in [0.29, 0.717) is 6.04 Å². The first-order valence-corrected chi connectivity index (χ1v) is 5.58. The standard InChI is InChI=1S/C10H18N4O/c1-2-14-10(12-8-13-14)7-11-9-3-5-15-6-4-9/h8-9,11H,2-7H2,1H3. The smallest absolute Gasteiger partial charge is 0.140 e. The Morgan fingerprint density at radius 3 is 3.07 bits per heavy atom. The van der Waals surface area contributed by atoms with Crippen LogP contribution in [-0.4, -0.2) is 34.0 Å². The number of aryl methyl sites for hydroxylation is 1. The Bertz CT molecular complexity index is 293. The second-order valence-electron chi connectivity index (χ2n) is 3.76. The fourth-order valence-corrected chi connectivity index (χ4v) is 1.83. The molecule has 1 aromatic heterocycles. The maximum Gasteiger partial charge on any atom is 0.140 e. The van der Waals surface area contributed by atoms with Crippen molar-refractivity contribution in [3.63, 3.8) is 0 Å². The van der Waals surface area contributed by atoms with Gasteiger partial charge in [0.1, 0.15) is 12.2 Å². The van der Waals surface area contributed by atoms with Crippen molar-refractivity contribution in [3.8, 4) is 0 Å². The minimum Gasteiger partial charge on any atom is -0.381 e. The number of aromatic nitrogens is 3. The van der Waals surface area contributed by atoms with Gasteiger partial charge in [-0.25, -0.2) is 9.67 Å². The molecule has 1 N–H and O–H groups in total. The predicted molar refractivity (Wildman–Crippen MR) is 56.4 cm³/mol. The summed E-state index contributed by atoms with van der Waals surface area (Å²) in [6, 6.07) is 0.570. The van der Waals surface area contributed by atoms with Crippen molar-refractivity contribution < 1.29 is 4.74 Å². The lowest BCUT2D eigenvalue weighted by Crippen LogP contribution is -2.35. The van der Waals surface area contributed by atoms with Crippen molar-refractivity contribution >= 4 is 0 Å². The fourth-order valence-electron chi connectivity index (χ4n) is 1.83. The van der Waals surface area contributed by atoms with Crippen LogP contribution in [-0.2, 0) is 17.8 Å². The van der Waals surface area contributed by atoms with E-state index in [1.807, 2.05) is 4.68 Å². The predicted octanol–water partition coefficient (Wildman–Crippen LogP) is 0.567. The molecule has 0 saturated carbocycles. The summed E-state index contributed by atoms with van der Waals surface area (Å²) in [5.74, 6) is 1.02. The molecular weight excluding hydrogens is 192 g/mol. The third kappa shape index (κ3) is 2.76. The van der Waals surface area contributed by atoms with Crippen LogP contribution in [0.2, 0.25) is 0 Å². The van der Waals surface area contributed by atoms with Crippen molar-refractivity contribution in [1.82, 2.24) is 20.1 Å². The molecule has 0 aliphatic carbocycles. The largest absolute Gasteiger partial charge is 0.381 e. The van der Waals surface area contributed by atoms with Crippen molar-refractivity contribution in [3.05, 3.63) is 12.2 Å². The number of rotatable bonds is 4. The second kappa shape index (κ2) is 5.23. The average Bonchev–Trinajstić information content (AvgIpc) is 2.75. The van der Waals surface area contributed by atoms with Crippen molar-refractivity contribution in [1.29, 1.82) is 0 Å². The minimum atomic E-state index is 0.570. The van der Waals surface area contributed by atoms with Gasteiger partial charge in [0, 0.05) is 25.8 Å². The first kappa shape index (κ1) is 10.6. The zero-order chi connectivity index (χ0) is 10.5. The average molecular weight is 210 g/mol. The molecule has 2 heterocycles.